The largest absolute Gasteiger partial charge is 0.355 e. The van der Waals surface area contributed by atoms with Crippen LogP contribution in [-0.4, -0.2) is 52.7 Å². The minimum absolute atomic E-state index is 0.267. The highest BCUT2D eigenvalue weighted by molar-refractivity contribution is 8.02. The topological polar surface area (TPSA) is 56.7 Å². The number of allylic oxidation sites excluding steroid dienone is 2. The standard InChI is InChI=1S/C23H28N6S2/c1-28(30-21-10-4-9-20-23(21)27-31-26-20)13-5-6-17-11-14-29(15-12-17)22-16-24-18-7-2-3-8-19(18)25-22/h2-4,7-10,16-17,20,26H,5-6,11-15H2,1H3. The predicted octanol–water partition coefficient (Wildman–Crippen LogP) is 4.64. The molecule has 3 heterocycles. The van der Waals surface area contributed by atoms with Crippen molar-refractivity contribution in [1.82, 2.24) is 19.0 Å². The van der Waals surface area contributed by atoms with Crippen LogP contribution in [0.25, 0.3) is 11.0 Å². The Balaban J connectivity index is 1.06. The molecule has 2 aromatic rings. The fraction of sp³-hybridized carbons (Fsp3) is 0.435. The summed E-state index contributed by atoms with van der Waals surface area (Å²) in [5.74, 6) is 1.83. The molecular weight excluding hydrogens is 424 g/mol. The second kappa shape index (κ2) is 9.73. The summed E-state index contributed by atoms with van der Waals surface area (Å²) in [6, 6.07) is 8.37. The fourth-order valence-electron chi connectivity index (χ4n) is 4.36. The van der Waals surface area contributed by atoms with E-state index in [1.165, 1.54) is 42.7 Å². The lowest BCUT2D eigenvalue weighted by molar-refractivity contribution is 0.359. The van der Waals surface area contributed by atoms with Gasteiger partial charge in [-0.1, -0.05) is 24.3 Å². The van der Waals surface area contributed by atoms with Crippen LogP contribution in [0.4, 0.5) is 5.82 Å². The first-order valence-corrected chi connectivity index (χ1v) is 12.5. The van der Waals surface area contributed by atoms with Crippen LogP contribution in [0.3, 0.4) is 0 Å². The van der Waals surface area contributed by atoms with Crippen LogP contribution in [-0.2, 0) is 0 Å². The molecule has 31 heavy (non-hydrogen) atoms. The van der Waals surface area contributed by atoms with E-state index in [-0.39, 0.29) is 6.04 Å². The van der Waals surface area contributed by atoms with Gasteiger partial charge in [0, 0.05) is 24.5 Å². The molecule has 1 aromatic heterocycles. The van der Waals surface area contributed by atoms with E-state index in [2.05, 4.69) is 48.6 Å². The first-order chi connectivity index (χ1) is 15.3. The Morgan fingerprint density at radius 3 is 2.94 bits per heavy atom. The summed E-state index contributed by atoms with van der Waals surface area (Å²) in [6.45, 7) is 3.25. The van der Waals surface area contributed by atoms with Gasteiger partial charge in [0.2, 0.25) is 0 Å². The summed E-state index contributed by atoms with van der Waals surface area (Å²) in [6.07, 6.45) is 13.4. The maximum atomic E-state index is 4.82. The van der Waals surface area contributed by atoms with Crippen LogP contribution in [0, 0.1) is 5.92 Å². The zero-order valence-electron chi connectivity index (χ0n) is 17.8. The number of hydrogen-bond acceptors (Lipinski definition) is 8. The molecule has 8 heteroatoms. The van der Waals surface area contributed by atoms with Crippen LogP contribution in [0.15, 0.2) is 58.0 Å². The van der Waals surface area contributed by atoms with Gasteiger partial charge in [0.05, 0.1) is 41.1 Å². The number of piperidine rings is 1. The summed E-state index contributed by atoms with van der Waals surface area (Å²) >= 11 is 3.27. The maximum Gasteiger partial charge on any atom is 0.147 e. The van der Waals surface area contributed by atoms with E-state index in [1.807, 2.05) is 42.4 Å². The molecule has 1 aromatic carbocycles. The van der Waals surface area contributed by atoms with Crippen LogP contribution >= 0.6 is 24.1 Å². The van der Waals surface area contributed by atoms with Crippen molar-refractivity contribution >= 4 is 46.6 Å². The van der Waals surface area contributed by atoms with E-state index in [0.29, 0.717) is 0 Å². The molecule has 5 rings (SSSR count). The Kier molecular flexibility index (Phi) is 6.59. The minimum atomic E-state index is 0.267. The first kappa shape index (κ1) is 21.0. The van der Waals surface area contributed by atoms with Crippen molar-refractivity contribution in [3.8, 4) is 0 Å². The third-order valence-corrected chi connectivity index (χ3v) is 7.82. The molecule has 1 atom stereocenters. The van der Waals surface area contributed by atoms with Gasteiger partial charge in [-0.3, -0.25) is 4.98 Å². The Labute approximate surface area is 192 Å². The van der Waals surface area contributed by atoms with Crippen LogP contribution < -0.4 is 9.62 Å². The summed E-state index contributed by atoms with van der Waals surface area (Å²) in [7, 11) is 2.19. The van der Waals surface area contributed by atoms with Gasteiger partial charge in [0.1, 0.15) is 5.82 Å². The molecule has 0 radical (unpaired) electrons. The number of hydrogen-bond donors (Lipinski definition) is 1. The average molecular weight is 453 g/mol. The van der Waals surface area contributed by atoms with Crippen LogP contribution in [0.1, 0.15) is 25.7 Å². The second-order valence-electron chi connectivity index (χ2n) is 8.31. The molecule has 0 bridgehead atoms. The van der Waals surface area contributed by atoms with Gasteiger partial charge in [-0.05, 0) is 68.8 Å². The van der Waals surface area contributed by atoms with Gasteiger partial charge in [-0.25, -0.2) is 18.4 Å². The van der Waals surface area contributed by atoms with Crippen molar-refractivity contribution < 1.29 is 0 Å². The third-order valence-electron chi connectivity index (χ3n) is 6.14. The zero-order valence-corrected chi connectivity index (χ0v) is 19.4. The Morgan fingerprint density at radius 1 is 1.23 bits per heavy atom. The summed E-state index contributed by atoms with van der Waals surface area (Å²) < 4.78 is 10.2. The van der Waals surface area contributed by atoms with E-state index in [1.54, 1.807) is 0 Å². The maximum absolute atomic E-state index is 4.82. The highest BCUT2D eigenvalue weighted by Gasteiger charge is 2.26. The number of aromatic nitrogens is 2. The minimum Gasteiger partial charge on any atom is -0.355 e. The van der Waals surface area contributed by atoms with E-state index in [9.17, 15) is 0 Å². The monoisotopic (exact) mass is 452 g/mol. The molecule has 1 N–H and O–H groups in total. The zero-order chi connectivity index (χ0) is 21.0. The summed E-state index contributed by atoms with van der Waals surface area (Å²) in [5.41, 5.74) is 3.11. The lowest BCUT2D eigenvalue weighted by atomic mass is 9.92. The predicted molar refractivity (Wildman–Crippen MR) is 133 cm³/mol. The molecule has 162 valence electrons. The van der Waals surface area contributed by atoms with E-state index >= 15 is 0 Å². The van der Waals surface area contributed by atoms with Crippen LogP contribution in [0.5, 0.6) is 0 Å². The van der Waals surface area contributed by atoms with Crippen molar-refractivity contribution in [2.75, 3.05) is 31.6 Å². The van der Waals surface area contributed by atoms with Crippen LogP contribution in [0.2, 0.25) is 0 Å². The Morgan fingerprint density at radius 2 is 2.06 bits per heavy atom. The Bertz CT molecular complexity index is 1010. The molecule has 1 fully saturated rings. The molecular formula is C23H28N6S2. The van der Waals surface area contributed by atoms with Crippen molar-refractivity contribution in [1.29, 1.82) is 0 Å². The molecule has 1 unspecified atom stereocenters. The van der Waals surface area contributed by atoms with Crippen molar-refractivity contribution in [2.24, 2.45) is 10.3 Å². The van der Waals surface area contributed by atoms with E-state index in [0.717, 1.165) is 48.1 Å². The summed E-state index contributed by atoms with van der Waals surface area (Å²) in [4.78, 5) is 13.0. The fourth-order valence-corrected chi connectivity index (χ4v) is 6.04. The van der Waals surface area contributed by atoms with Gasteiger partial charge >= 0.3 is 0 Å². The second-order valence-corrected chi connectivity index (χ2v) is 10.2. The van der Waals surface area contributed by atoms with Crippen molar-refractivity contribution in [3.63, 3.8) is 0 Å². The Hall–Kier alpha value is -1.87. The number of fused-ring (bicyclic) bond motifs is 2. The average Bonchev–Trinajstić information content (AvgIpc) is 3.29. The first-order valence-electron chi connectivity index (χ1n) is 11.0. The number of para-hydroxylation sites is 2. The highest BCUT2D eigenvalue weighted by Crippen LogP contribution is 2.31. The number of anilines is 1. The SMILES string of the molecule is CN(CCCC1CCN(c2cnc3ccccc3n2)CC1)SC1=CC=CC2NSN=C12. The van der Waals surface area contributed by atoms with Gasteiger partial charge in [0.25, 0.3) is 0 Å². The number of nitrogens with zero attached hydrogens (tertiary/aromatic N) is 5. The third kappa shape index (κ3) is 4.98. The van der Waals surface area contributed by atoms with Crippen molar-refractivity contribution in [3.05, 3.63) is 53.6 Å². The van der Waals surface area contributed by atoms with Gasteiger partial charge in [-0.2, -0.15) is 0 Å². The summed E-state index contributed by atoms with van der Waals surface area (Å²) in [5, 5.41) is 0. The van der Waals surface area contributed by atoms with Crippen molar-refractivity contribution in [2.45, 2.75) is 31.7 Å². The highest BCUT2D eigenvalue weighted by atomic mass is 32.2. The number of nitrogens with one attached hydrogen (secondary N) is 1. The number of benzene rings is 1. The van der Waals surface area contributed by atoms with Gasteiger partial charge in [0.15, 0.2) is 0 Å². The molecule has 6 nitrogen and oxygen atoms in total. The normalized spacial score (nSPS) is 21.5. The number of rotatable bonds is 7. The molecule has 3 aliphatic rings. The van der Waals surface area contributed by atoms with Gasteiger partial charge < -0.3 is 4.90 Å². The lowest BCUT2D eigenvalue weighted by Crippen LogP contribution is -2.34. The quantitative estimate of drug-likeness (QED) is 0.614. The van der Waals surface area contributed by atoms with E-state index in [4.69, 9.17) is 4.98 Å². The molecule has 2 aliphatic heterocycles. The molecule has 1 saturated heterocycles. The molecule has 0 saturated carbocycles. The molecule has 0 spiro atoms. The molecule has 1 aliphatic carbocycles. The lowest BCUT2D eigenvalue weighted by Gasteiger charge is -2.33. The molecule has 0 amide bonds. The van der Waals surface area contributed by atoms with E-state index < -0.39 is 0 Å². The smallest absolute Gasteiger partial charge is 0.147 e. The van der Waals surface area contributed by atoms with Gasteiger partial charge in [-0.15, -0.1) is 0 Å².